The van der Waals surface area contributed by atoms with Crippen molar-refractivity contribution in [3.05, 3.63) is 72.3 Å². The van der Waals surface area contributed by atoms with E-state index in [4.69, 9.17) is 14.8 Å². The summed E-state index contributed by atoms with van der Waals surface area (Å²) in [6.45, 7) is -0.133. The van der Waals surface area contributed by atoms with E-state index in [0.29, 0.717) is 6.07 Å². The smallest absolute Gasteiger partial charge is 0.294 e. The maximum Gasteiger partial charge on any atom is 0.294 e. The van der Waals surface area contributed by atoms with Crippen LogP contribution in [0.5, 0.6) is 0 Å². The predicted octanol–water partition coefficient (Wildman–Crippen LogP) is 2.48. The Kier molecular flexibility index (Phi) is 6.11. The molecule has 0 spiro atoms. The summed E-state index contributed by atoms with van der Waals surface area (Å²) in [5, 5.41) is 2.62. The van der Waals surface area contributed by atoms with Crippen molar-refractivity contribution in [3.63, 3.8) is 0 Å². The molecule has 3 aromatic carbocycles. The molecule has 0 saturated carbocycles. The Bertz CT molecular complexity index is 1010. The molecule has 0 saturated heterocycles. The topological polar surface area (TPSA) is 135 Å². The molecule has 26 heavy (non-hydrogen) atoms. The highest BCUT2D eigenvalue weighted by molar-refractivity contribution is 7.86. The van der Waals surface area contributed by atoms with E-state index in [1.54, 1.807) is 0 Å². The lowest BCUT2D eigenvalue weighted by Gasteiger charge is -2.04. The number of rotatable bonds is 3. The number of nitrogens with two attached hydrogens (primary N) is 1. The molecule has 7 nitrogen and oxygen atoms in total. The van der Waals surface area contributed by atoms with E-state index in [9.17, 15) is 16.8 Å². The van der Waals surface area contributed by atoms with Gasteiger partial charge < -0.3 is 5.73 Å². The quantitative estimate of drug-likeness (QED) is 0.580. The highest BCUT2D eigenvalue weighted by Gasteiger charge is 2.17. The van der Waals surface area contributed by atoms with Crippen LogP contribution in [0, 0.1) is 0 Å². The first-order chi connectivity index (χ1) is 12.1. The minimum Gasteiger partial charge on any atom is -0.326 e. The van der Waals surface area contributed by atoms with Crippen LogP contribution in [0.25, 0.3) is 10.8 Å². The van der Waals surface area contributed by atoms with Gasteiger partial charge in [-0.25, -0.2) is 0 Å². The Morgan fingerprint density at radius 3 is 1.31 bits per heavy atom. The zero-order valence-corrected chi connectivity index (χ0v) is 15.1. The molecule has 4 N–H and O–H groups in total. The zero-order valence-electron chi connectivity index (χ0n) is 13.5. The molecule has 9 heteroatoms. The molecule has 0 aliphatic carbocycles. The van der Waals surface area contributed by atoms with Gasteiger partial charge in [0.15, 0.2) is 0 Å². The number of hydrogen-bond acceptors (Lipinski definition) is 5. The van der Waals surface area contributed by atoms with E-state index < -0.39 is 30.0 Å². The van der Waals surface area contributed by atoms with Crippen LogP contribution in [-0.2, 0) is 26.8 Å². The van der Waals surface area contributed by atoms with Gasteiger partial charge in [0.2, 0.25) is 0 Å². The average Bonchev–Trinajstić information content (AvgIpc) is 2.60. The fourth-order valence-electron chi connectivity index (χ4n) is 2.18. The van der Waals surface area contributed by atoms with Crippen molar-refractivity contribution in [2.24, 2.45) is 5.73 Å². The van der Waals surface area contributed by atoms with Crippen molar-refractivity contribution in [2.75, 3.05) is 0 Å². The molecule has 0 aromatic heterocycles. The third-order valence-corrected chi connectivity index (χ3v) is 5.09. The fourth-order valence-corrected chi connectivity index (χ4v) is 3.41. The molecule has 0 atom stereocenters. The Balaban J connectivity index is 0.000000206. The minimum atomic E-state index is -4.55. The highest BCUT2D eigenvalue weighted by atomic mass is 32.2. The van der Waals surface area contributed by atoms with Crippen LogP contribution in [0.2, 0.25) is 0 Å². The third-order valence-electron chi connectivity index (χ3n) is 3.43. The molecule has 138 valence electrons. The zero-order chi connectivity index (χ0) is 19.4. The summed E-state index contributed by atoms with van der Waals surface area (Å²) in [6.07, 6.45) is 0. The van der Waals surface area contributed by atoms with Gasteiger partial charge in [-0.1, -0.05) is 48.5 Å². The van der Waals surface area contributed by atoms with Crippen molar-refractivity contribution in [2.45, 2.75) is 16.3 Å². The van der Waals surface area contributed by atoms with E-state index in [-0.39, 0.29) is 12.1 Å². The van der Waals surface area contributed by atoms with Crippen molar-refractivity contribution < 1.29 is 25.9 Å². The molecule has 3 aromatic rings. The first kappa shape index (κ1) is 20.0. The molecule has 0 fully saturated rings. The number of benzene rings is 3. The molecule has 0 aliphatic heterocycles. The summed E-state index contributed by atoms with van der Waals surface area (Å²) in [6, 6.07) is 19.4. The molecular formula is C17H17NO6S2. The van der Waals surface area contributed by atoms with Crippen LogP contribution < -0.4 is 5.73 Å². The lowest BCUT2D eigenvalue weighted by Crippen LogP contribution is -2.06. The fraction of sp³-hybridized carbons (Fsp3) is 0.0588. The normalized spacial score (nSPS) is 11.7. The molecular weight excluding hydrogens is 378 g/mol. The summed E-state index contributed by atoms with van der Waals surface area (Å²) in [5.74, 6) is 0. The molecule has 0 unspecified atom stereocenters. The van der Waals surface area contributed by atoms with Gasteiger partial charge in [-0.15, -0.1) is 0 Å². The SMILES string of the molecule is NCc1cc(S(=O)(=O)O)cc(S(=O)(=O)O)c1.c1ccc2ccccc2c1. The second-order valence-electron chi connectivity index (χ2n) is 5.31. The molecule has 3 rings (SSSR count). The Morgan fingerprint density at radius 1 is 0.692 bits per heavy atom. The Hall–Kier alpha value is -2.30. The maximum absolute atomic E-state index is 10.8. The van der Waals surface area contributed by atoms with Gasteiger partial charge in [0, 0.05) is 6.54 Å². The summed E-state index contributed by atoms with van der Waals surface area (Å²) < 4.78 is 60.8. The van der Waals surface area contributed by atoms with Crippen molar-refractivity contribution >= 4 is 31.0 Å². The second-order valence-corrected chi connectivity index (χ2v) is 8.16. The van der Waals surface area contributed by atoms with Crippen molar-refractivity contribution in [3.8, 4) is 0 Å². The summed E-state index contributed by atoms with van der Waals surface area (Å²) in [7, 11) is -9.10. The van der Waals surface area contributed by atoms with E-state index in [2.05, 4.69) is 48.5 Å². The van der Waals surface area contributed by atoms with Gasteiger partial charge in [0.05, 0.1) is 9.79 Å². The van der Waals surface area contributed by atoms with Gasteiger partial charge >= 0.3 is 0 Å². The van der Waals surface area contributed by atoms with Crippen LogP contribution in [0.3, 0.4) is 0 Å². The van der Waals surface area contributed by atoms with Crippen molar-refractivity contribution in [1.82, 2.24) is 0 Å². The molecule has 0 bridgehead atoms. The second kappa shape index (κ2) is 7.94. The van der Waals surface area contributed by atoms with E-state index in [1.165, 1.54) is 10.8 Å². The number of fused-ring (bicyclic) bond motifs is 1. The predicted molar refractivity (Wildman–Crippen MR) is 97.9 cm³/mol. The van der Waals surface area contributed by atoms with E-state index >= 15 is 0 Å². The monoisotopic (exact) mass is 395 g/mol. The van der Waals surface area contributed by atoms with Crippen LogP contribution in [0.15, 0.2) is 76.5 Å². The van der Waals surface area contributed by atoms with Gasteiger partial charge in [-0.3, -0.25) is 9.11 Å². The molecule has 0 heterocycles. The summed E-state index contributed by atoms with van der Waals surface area (Å²) in [4.78, 5) is -1.27. The minimum absolute atomic E-state index is 0.133. The summed E-state index contributed by atoms with van der Waals surface area (Å²) >= 11 is 0. The number of hydrogen-bond donors (Lipinski definition) is 3. The maximum atomic E-state index is 10.8. The Morgan fingerprint density at radius 2 is 1.04 bits per heavy atom. The van der Waals surface area contributed by atoms with Gasteiger partial charge in [-0.2, -0.15) is 16.8 Å². The molecule has 0 radical (unpaired) electrons. The third kappa shape index (κ3) is 5.35. The first-order valence-corrected chi connectivity index (χ1v) is 10.2. The van der Waals surface area contributed by atoms with E-state index in [1.807, 2.05) is 0 Å². The Labute approximate surface area is 151 Å². The van der Waals surface area contributed by atoms with Gasteiger partial charge in [0.25, 0.3) is 20.2 Å². The molecule has 0 aliphatic rings. The standard InChI is InChI=1S/C10H8.C7H9NO6S2/c1-2-6-10-8-4-3-7-9(10)5-1;8-4-5-1-6(15(9,10)11)3-7(2-5)16(12,13)14/h1-8H;1-3H,4,8H2,(H,9,10,11)(H,12,13,14). The lowest BCUT2D eigenvalue weighted by molar-refractivity contribution is 0.481. The molecule has 0 amide bonds. The average molecular weight is 395 g/mol. The van der Waals surface area contributed by atoms with Gasteiger partial charge in [0.1, 0.15) is 0 Å². The largest absolute Gasteiger partial charge is 0.326 e. The lowest BCUT2D eigenvalue weighted by atomic mass is 10.1. The van der Waals surface area contributed by atoms with Crippen molar-refractivity contribution in [1.29, 1.82) is 0 Å². The van der Waals surface area contributed by atoms with Crippen LogP contribution in [-0.4, -0.2) is 25.9 Å². The summed E-state index contributed by atoms with van der Waals surface area (Å²) in [5.41, 5.74) is 5.38. The first-order valence-electron chi connectivity index (χ1n) is 7.34. The highest BCUT2D eigenvalue weighted by Crippen LogP contribution is 2.18. The van der Waals surface area contributed by atoms with Crippen LogP contribution >= 0.6 is 0 Å². The van der Waals surface area contributed by atoms with Crippen LogP contribution in [0.4, 0.5) is 0 Å². The van der Waals surface area contributed by atoms with E-state index in [0.717, 1.165) is 12.1 Å². The van der Waals surface area contributed by atoms with Crippen LogP contribution in [0.1, 0.15) is 5.56 Å². The van der Waals surface area contributed by atoms with Gasteiger partial charge in [-0.05, 0) is 34.5 Å².